The number of hydrogen-bond acceptors (Lipinski definition) is 4. The summed E-state index contributed by atoms with van der Waals surface area (Å²) in [6.07, 6.45) is 0.718. The van der Waals surface area contributed by atoms with Crippen LogP contribution in [-0.2, 0) is 11.3 Å². The van der Waals surface area contributed by atoms with Crippen molar-refractivity contribution in [1.82, 2.24) is 5.32 Å². The molecule has 2 N–H and O–H groups in total. The lowest BCUT2D eigenvalue weighted by Crippen LogP contribution is -2.22. The number of nitrogens with one attached hydrogen (secondary N) is 1. The molecule has 6 nitrogen and oxygen atoms in total. The molecule has 0 bridgehead atoms. The van der Waals surface area contributed by atoms with Crippen molar-refractivity contribution in [1.29, 1.82) is 0 Å². The number of aliphatic hydroxyl groups excluding tert-OH is 1. The molecule has 0 radical (unpaired) electrons. The number of hydrogen-bond donors (Lipinski definition) is 2. The van der Waals surface area contributed by atoms with Gasteiger partial charge in [0, 0.05) is 31.7 Å². The minimum Gasteiger partial charge on any atom is -0.396 e. The first kappa shape index (κ1) is 13.1. The molecule has 1 aromatic carbocycles. The number of rotatable bonds is 6. The first-order chi connectivity index (χ1) is 8.13. The highest BCUT2D eigenvalue weighted by Crippen LogP contribution is 2.11. The topological polar surface area (TPSA) is 92.5 Å². The van der Waals surface area contributed by atoms with Crippen LogP contribution in [0.2, 0.25) is 0 Å². The Morgan fingerprint density at radius 2 is 2.00 bits per heavy atom. The second-order valence-electron chi connectivity index (χ2n) is 3.53. The van der Waals surface area contributed by atoms with E-state index < -0.39 is 4.92 Å². The Balaban J connectivity index is 2.42. The Labute approximate surface area is 98.4 Å². The molecule has 0 aromatic heterocycles. The van der Waals surface area contributed by atoms with Crippen molar-refractivity contribution in [3.05, 3.63) is 39.9 Å². The highest BCUT2D eigenvalue weighted by atomic mass is 16.6. The van der Waals surface area contributed by atoms with E-state index in [1.807, 2.05) is 0 Å². The number of nitro groups is 1. The quantitative estimate of drug-likeness (QED) is 0.570. The summed E-state index contributed by atoms with van der Waals surface area (Å²) in [5.74, 6) is -0.141. The molecule has 0 aliphatic carbocycles. The SMILES string of the molecule is O=C(CCCO)NCc1ccc([N+](=O)[O-])cc1. The van der Waals surface area contributed by atoms with Crippen LogP contribution in [0.4, 0.5) is 5.69 Å². The molecule has 0 saturated carbocycles. The maximum Gasteiger partial charge on any atom is 0.269 e. The van der Waals surface area contributed by atoms with Gasteiger partial charge in [-0.25, -0.2) is 0 Å². The van der Waals surface area contributed by atoms with Crippen molar-refractivity contribution < 1.29 is 14.8 Å². The van der Waals surface area contributed by atoms with Gasteiger partial charge in [-0.2, -0.15) is 0 Å². The molecular formula is C11H14N2O4. The molecular weight excluding hydrogens is 224 g/mol. The second-order valence-corrected chi connectivity index (χ2v) is 3.53. The van der Waals surface area contributed by atoms with Gasteiger partial charge >= 0.3 is 0 Å². The third kappa shape index (κ3) is 4.60. The average molecular weight is 238 g/mol. The number of non-ortho nitro benzene ring substituents is 1. The summed E-state index contributed by atoms with van der Waals surface area (Å²) in [6, 6.07) is 6.00. The molecule has 0 fully saturated rings. The van der Waals surface area contributed by atoms with Crippen molar-refractivity contribution in [2.24, 2.45) is 0 Å². The van der Waals surface area contributed by atoms with Crippen molar-refractivity contribution in [3.8, 4) is 0 Å². The van der Waals surface area contributed by atoms with Gasteiger partial charge in [0.15, 0.2) is 0 Å². The van der Waals surface area contributed by atoms with Crippen molar-refractivity contribution >= 4 is 11.6 Å². The number of aliphatic hydroxyl groups is 1. The van der Waals surface area contributed by atoms with Crippen LogP contribution in [0.15, 0.2) is 24.3 Å². The Bertz CT molecular complexity index is 389. The fourth-order valence-corrected chi connectivity index (χ4v) is 1.26. The highest BCUT2D eigenvalue weighted by Gasteiger charge is 2.04. The number of nitrogens with zero attached hydrogens (tertiary/aromatic N) is 1. The zero-order chi connectivity index (χ0) is 12.7. The summed E-state index contributed by atoms with van der Waals surface area (Å²) >= 11 is 0. The maximum atomic E-state index is 11.2. The van der Waals surface area contributed by atoms with Crippen LogP contribution in [0, 0.1) is 10.1 Å². The van der Waals surface area contributed by atoms with Crippen LogP contribution >= 0.6 is 0 Å². The number of nitro benzene ring substituents is 1. The van der Waals surface area contributed by atoms with Gasteiger partial charge in [0.2, 0.25) is 5.91 Å². The molecule has 0 heterocycles. The molecule has 0 aliphatic heterocycles. The van der Waals surface area contributed by atoms with E-state index in [4.69, 9.17) is 5.11 Å². The van der Waals surface area contributed by atoms with Gasteiger partial charge < -0.3 is 10.4 Å². The largest absolute Gasteiger partial charge is 0.396 e. The lowest BCUT2D eigenvalue weighted by atomic mass is 10.2. The van der Waals surface area contributed by atoms with Gasteiger partial charge in [-0.1, -0.05) is 12.1 Å². The van der Waals surface area contributed by atoms with E-state index in [1.165, 1.54) is 12.1 Å². The van der Waals surface area contributed by atoms with E-state index in [1.54, 1.807) is 12.1 Å². The van der Waals surface area contributed by atoms with Gasteiger partial charge in [-0.3, -0.25) is 14.9 Å². The van der Waals surface area contributed by atoms with Crippen molar-refractivity contribution in [2.45, 2.75) is 19.4 Å². The van der Waals surface area contributed by atoms with Gasteiger partial charge in [0.25, 0.3) is 5.69 Å². The number of carbonyl (C=O) groups is 1. The van der Waals surface area contributed by atoms with Crippen molar-refractivity contribution in [3.63, 3.8) is 0 Å². The smallest absolute Gasteiger partial charge is 0.269 e. The van der Waals surface area contributed by atoms with E-state index in [0.29, 0.717) is 13.0 Å². The van der Waals surface area contributed by atoms with Crippen LogP contribution in [0.5, 0.6) is 0 Å². The van der Waals surface area contributed by atoms with Crippen LogP contribution in [0.3, 0.4) is 0 Å². The third-order valence-electron chi connectivity index (χ3n) is 2.20. The molecule has 0 spiro atoms. The van der Waals surface area contributed by atoms with Gasteiger partial charge in [0.05, 0.1) is 4.92 Å². The Morgan fingerprint density at radius 1 is 1.35 bits per heavy atom. The molecule has 92 valence electrons. The fourth-order valence-electron chi connectivity index (χ4n) is 1.26. The molecule has 0 aliphatic rings. The fraction of sp³-hybridized carbons (Fsp3) is 0.364. The third-order valence-corrected chi connectivity index (χ3v) is 2.20. The number of benzene rings is 1. The standard InChI is InChI=1S/C11H14N2O4/c14-7-1-2-11(15)12-8-9-3-5-10(6-4-9)13(16)17/h3-6,14H,1-2,7-8H2,(H,12,15). The lowest BCUT2D eigenvalue weighted by Gasteiger charge is -2.04. The lowest BCUT2D eigenvalue weighted by molar-refractivity contribution is -0.384. The van der Waals surface area contributed by atoms with E-state index >= 15 is 0 Å². The molecule has 1 amide bonds. The molecule has 0 atom stereocenters. The predicted octanol–water partition coefficient (Wildman–Crippen LogP) is 0.983. The molecule has 0 unspecified atom stereocenters. The van der Waals surface area contributed by atoms with E-state index in [0.717, 1.165) is 5.56 Å². The van der Waals surface area contributed by atoms with E-state index in [2.05, 4.69) is 5.32 Å². The molecule has 1 rings (SSSR count). The average Bonchev–Trinajstić information content (AvgIpc) is 2.34. The Kier molecular flexibility index (Phi) is 5.09. The number of carbonyl (C=O) groups excluding carboxylic acids is 1. The summed E-state index contributed by atoms with van der Waals surface area (Å²) < 4.78 is 0. The molecule has 6 heteroatoms. The normalized spacial score (nSPS) is 9.94. The monoisotopic (exact) mass is 238 g/mol. The maximum absolute atomic E-state index is 11.2. The first-order valence-corrected chi connectivity index (χ1v) is 5.24. The van der Waals surface area contributed by atoms with Crippen LogP contribution in [0.25, 0.3) is 0 Å². The summed E-state index contributed by atoms with van der Waals surface area (Å²) in [6.45, 7) is 0.327. The molecule has 0 saturated heterocycles. The van der Waals surface area contributed by atoms with Gasteiger partial charge in [-0.15, -0.1) is 0 Å². The minimum atomic E-state index is -0.469. The Morgan fingerprint density at radius 3 is 2.53 bits per heavy atom. The summed E-state index contributed by atoms with van der Waals surface area (Å²) in [5, 5.41) is 21.6. The zero-order valence-corrected chi connectivity index (χ0v) is 9.26. The summed E-state index contributed by atoms with van der Waals surface area (Å²) in [7, 11) is 0. The number of amides is 1. The van der Waals surface area contributed by atoms with Crippen molar-refractivity contribution in [2.75, 3.05) is 6.61 Å². The molecule has 17 heavy (non-hydrogen) atoms. The first-order valence-electron chi connectivity index (χ1n) is 5.24. The zero-order valence-electron chi connectivity index (χ0n) is 9.26. The van der Waals surface area contributed by atoms with Crippen LogP contribution < -0.4 is 5.32 Å². The van der Waals surface area contributed by atoms with Crippen LogP contribution in [-0.4, -0.2) is 22.5 Å². The van der Waals surface area contributed by atoms with Crippen LogP contribution in [0.1, 0.15) is 18.4 Å². The summed E-state index contributed by atoms with van der Waals surface area (Å²) in [5.41, 5.74) is 0.827. The minimum absolute atomic E-state index is 0.00898. The van der Waals surface area contributed by atoms with Gasteiger partial charge in [-0.05, 0) is 12.0 Å². The Hall–Kier alpha value is -1.95. The second kappa shape index (κ2) is 6.59. The summed E-state index contributed by atoms with van der Waals surface area (Å²) in [4.78, 5) is 21.2. The predicted molar refractivity (Wildman–Crippen MR) is 61.3 cm³/mol. The molecule has 1 aromatic rings. The van der Waals surface area contributed by atoms with E-state index in [9.17, 15) is 14.9 Å². The highest BCUT2D eigenvalue weighted by molar-refractivity contribution is 5.75. The van der Waals surface area contributed by atoms with E-state index in [-0.39, 0.29) is 24.6 Å². The van der Waals surface area contributed by atoms with Gasteiger partial charge in [0.1, 0.15) is 0 Å².